The van der Waals surface area contributed by atoms with Crippen molar-refractivity contribution in [1.29, 1.82) is 0 Å². The molecular weight excluding hydrogens is 318 g/mol. The first kappa shape index (κ1) is 17.0. The first-order chi connectivity index (χ1) is 12.0. The summed E-state index contributed by atoms with van der Waals surface area (Å²) in [6, 6.07) is 9.34. The van der Waals surface area contributed by atoms with Crippen molar-refractivity contribution in [2.24, 2.45) is 0 Å². The third-order valence-electron chi connectivity index (χ3n) is 4.39. The van der Waals surface area contributed by atoms with Crippen molar-refractivity contribution >= 4 is 17.5 Å². The van der Waals surface area contributed by atoms with Crippen LogP contribution >= 0.6 is 0 Å². The lowest BCUT2D eigenvalue weighted by Crippen LogP contribution is -2.35. The Morgan fingerprint density at radius 2 is 2.12 bits per heavy atom. The van der Waals surface area contributed by atoms with Gasteiger partial charge in [-0.3, -0.25) is 9.59 Å². The number of hydrogen-bond acceptors (Lipinski definition) is 4. The number of methoxy groups -OCH3 is 1. The zero-order valence-electron chi connectivity index (χ0n) is 14.6. The van der Waals surface area contributed by atoms with Crippen LogP contribution in [0.4, 0.5) is 5.69 Å². The minimum Gasteiger partial charge on any atom is -0.481 e. The number of ether oxygens (including phenoxy) is 1. The molecule has 1 aromatic carbocycles. The van der Waals surface area contributed by atoms with E-state index in [9.17, 15) is 9.59 Å². The van der Waals surface area contributed by atoms with Gasteiger partial charge in [0, 0.05) is 29.9 Å². The zero-order chi connectivity index (χ0) is 18.0. The molecule has 3 rings (SSSR count). The van der Waals surface area contributed by atoms with E-state index in [1.165, 1.54) is 0 Å². The second-order valence-electron chi connectivity index (χ2n) is 6.18. The Morgan fingerprint density at radius 3 is 2.88 bits per heavy atom. The number of aryl methyl sites for hydroxylation is 2. The third-order valence-corrected chi connectivity index (χ3v) is 4.39. The van der Waals surface area contributed by atoms with E-state index in [2.05, 4.69) is 15.6 Å². The molecule has 25 heavy (non-hydrogen) atoms. The van der Waals surface area contributed by atoms with Crippen molar-refractivity contribution in [2.75, 3.05) is 12.4 Å². The number of benzene rings is 1. The lowest BCUT2D eigenvalue weighted by molar-refractivity contribution is -0.126. The van der Waals surface area contributed by atoms with Crippen molar-refractivity contribution in [3.8, 4) is 5.88 Å². The molecule has 0 radical (unpaired) electrons. The molecule has 1 unspecified atom stereocenters. The van der Waals surface area contributed by atoms with Crippen molar-refractivity contribution in [2.45, 2.75) is 32.7 Å². The first-order valence-electron chi connectivity index (χ1n) is 8.17. The molecule has 0 saturated carbocycles. The predicted molar refractivity (Wildman–Crippen MR) is 94.5 cm³/mol. The summed E-state index contributed by atoms with van der Waals surface area (Å²) in [4.78, 5) is 28.9. The van der Waals surface area contributed by atoms with Crippen molar-refractivity contribution in [3.63, 3.8) is 0 Å². The summed E-state index contributed by atoms with van der Waals surface area (Å²) in [6.45, 7) is 4.17. The van der Waals surface area contributed by atoms with E-state index < -0.39 is 5.92 Å². The number of amides is 2. The van der Waals surface area contributed by atoms with Crippen LogP contribution in [0.3, 0.4) is 0 Å². The Hall–Kier alpha value is -2.89. The van der Waals surface area contributed by atoms with Crippen molar-refractivity contribution in [3.05, 3.63) is 52.7 Å². The van der Waals surface area contributed by atoms with E-state index in [4.69, 9.17) is 4.74 Å². The van der Waals surface area contributed by atoms with Gasteiger partial charge >= 0.3 is 0 Å². The van der Waals surface area contributed by atoms with E-state index in [1.807, 2.05) is 44.2 Å². The highest BCUT2D eigenvalue weighted by molar-refractivity contribution is 6.01. The smallest absolute Gasteiger partial charge is 0.228 e. The van der Waals surface area contributed by atoms with Crippen LogP contribution in [-0.2, 0) is 16.1 Å². The van der Waals surface area contributed by atoms with Crippen LogP contribution in [0.15, 0.2) is 30.3 Å². The number of nitrogens with one attached hydrogen (secondary N) is 2. The van der Waals surface area contributed by atoms with Gasteiger partial charge in [-0.25, -0.2) is 4.98 Å². The summed E-state index contributed by atoms with van der Waals surface area (Å²) >= 11 is 0. The van der Waals surface area contributed by atoms with Gasteiger partial charge in [0.25, 0.3) is 0 Å². The number of nitrogens with zero attached hydrogens (tertiary/aromatic N) is 1. The van der Waals surface area contributed by atoms with Crippen LogP contribution < -0.4 is 15.4 Å². The van der Waals surface area contributed by atoms with Gasteiger partial charge in [0.15, 0.2) is 0 Å². The highest BCUT2D eigenvalue weighted by atomic mass is 16.5. The Bertz CT molecular complexity index is 833. The second-order valence-corrected chi connectivity index (χ2v) is 6.18. The Morgan fingerprint density at radius 1 is 1.36 bits per heavy atom. The summed E-state index contributed by atoms with van der Waals surface area (Å²) in [7, 11) is 1.56. The fourth-order valence-corrected chi connectivity index (χ4v) is 3.16. The molecule has 6 heteroatoms. The molecule has 0 aliphatic carbocycles. The number of rotatable bonds is 4. The number of carbonyl (C=O) groups excluding carboxylic acids is 2. The third kappa shape index (κ3) is 3.47. The van der Waals surface area contributed by atoms with Gasteiger partial charge in [0.2, 0.25) is 17.7 Å². The van der Waals surface area contributed by atoms with E-state index in [-0.39, 0.29) is 18.2 Å². The standard InChI is InChI=1S/C19H21N3O3/c1-11-8-12(2)21-19(25-3)15(11)10-20-18(24)14-9-17(23)22-16-7-5-4-6-13(14)16/h4-8,14H,9-10H2,1-3H3,(H,20,24)(H,22,23). The fourth-order valence-electron chi connectivity index (χ4n) is 3.16. The summed E-state index contributed by atoms with van der Waals surface area (Å²) in [5.74, 6) is -0.303. The summed E-state index contributed by atoms with van der Waals surface area (Å²) in [5, 5.41) is 5.73. The molecule has 2 amide bonds. The zero-order valence-corrected chi connectivity index (χ0v) is 14.6. The molecular formula is C19H21N3O3. The maximum atomic E-state index is 12.7. The number of anilines is 1. The summed E-state index contributed by atoms with van der Waals surface area (Å²) in [5.41, 5.74) is 4.25. The van der Waals surface area contributed by atoms with Gasteiger partial charge in [0.05, 0.1) is 13.0 Å². The molecule has 2 N–H and O–H groups in total. The molecule has 1 aliphatic heterocycles. The maximum Gasteiger partial charge on any atom is 0.228 e. The molecule has 0 spiro atoms. The Kier molecular flexibility index (Phi) is 4.70. The molecule has 6 nitrogen and oxygen atoms in total. The minimum atomic E-state index is -0.491. The maximum absolute atomic E-state index is 12.7. The van der Waals surface area contributed by atoms with Crippen LogP contribution in [0.5, 0.6) is 5.88 Å². The van der Waals surface area contributed by atoms with Crippen molar-refractivity contribution < 1.29 is 14.3 Å². The SMILES string of the molecule is COc1nc(C)cc(C)c1CNC(=O)C1CC(=O)Nc2ccccc21. The molecule has 1 atom stereocenters. The Balaban J connectivity index is 1.79. The second kappa shape index (κ2) is 6.93. The Labute approximate surface area is 146 Å². The molecule has 0 saturated heterocycles. The number of pyridine rings is 1. The van der Waals surface area contributed by atoms with Gasteiger partial charge in [-0.05, 0) is 37.1 Å². The molecule has 2 aromatic rings. The average Bonchev–Trinajstić information content (AvgIpc) is 2.59. The van der Waals surface area contributed by atoms with Crippen LogP contribution in [-0.4, -0.2) is 23.9 Å². The molecule has 130 valence electrons. The topological polar surface area (TPSA) is 80.3 Å². The molecule has 1 aromatic heterocycles. The van der Waals surface area contributed by atoms with Crippen LogP contribution in [0.1, 0.15) is 34.7 Å². The van der Waals surface area contributed by atoms with Gasteiger partial charge in [0.1, 0.15) is 0 Å². The molecule has 2 heterocycles. The molecule has 0 bridgehead atoms. The number of carbonyl (C=O) groups is 2. The normalized spacial score (nSPS) is 16.0. The molecule has 1 aliphatic rings. The largest absolute Gasteiger partial charge is 0.481 e. The quantitative estimate of drug-likeness (QED) is 0.897. The lowest BCUT2D eigenvalue weighted by atomic mass is 9.90. The number of aromatic nitrogens is 1. The first-order valence-corrected chi connectivity index (χ1v) is 8.17. The predicted octanol–water partition coefficient (Wildman–Crippen LogP) is 2.45. The van der Waals surface area contributed by atoms with E-state index in [1.54, 1.807) is 7.11 Å². The van der Waals surface area contributed by atoms with Crippen LogP contribution in [0.2, 0.25) is 0 Å². The monoisotopic (exact) mass is 339 g/mol. The van der Waals surface area contributed by atoms with E-state index in [0.717, 1.165) is 22.4 Å². The van der Waals surface area contributed by atoms with Crippen LogP contribution in [0, 0.1) is 13.8 Å². The summed E-state index contributed by atoms with van der Waals surface area (Å²) in [6.07, 6.45) is 0.144. The van der Waals surface area contributed by atoms with Gasteiger partial charge in [-0.2, -0.15) is 0 Å². The van der Waals surface area contributed by atoms with Gasteiger partial charge in [-0.15, -0.1) is 0 Å². The number of fused-ring (bicyclic) bond motifs is 1. The number of para-hydroxylation sites is 1. The van der Waals surface area contributed by atoms with E-state index in [0.29, 0.717) is 18.1 Å². The summed E-state index contributed by atoms with van der Waals surface area (Å²) < 4.78 is 5.33. The number of hydrogen-bond donors (Lipinski definition) is 2. The van der Waals surface area contributed by atoms with E-state index >= 15 is 0 Å². The van der Waals surface area contributed by atoms with Gasteiger partial charge < -0.3 is 15.4 Å². The van der Waals surface area contributed by atoms with Crippen molar-refractivity contribution in [1.82, 2.24) is 10.3 Å². The highest BCUT2D eigenvalue weighted by Crippen LogP contribution is 2.32. The van der Waals surface area contributed by atoms with Gasteiger partial charge in [-0.1, -0.05) is 18.2 Å². The minimum absolute atomic E-state index is 0.144. The highest BCUT2D eigenvalue weighted by Gasteiger charge is 2.30. The average molecular weight is 339 g/mol. The lowest BCUT2D eigenvalue weighted by Gasteiger charge is -2.25. The van der Waals surface area contributed by atoms with Crippen LogP contribution in [0.25, 0.3) is 0 Å². The molecule has 0 fully saturated rings. The fraction of sp³-hybridized carbons (Fsp3) is 0.316.